The summed E-state index contributed by atoms with van der Waals surface area (Å²) in [6.45, 7) is 4.18. The molecule has 2 aromatic carbocycles. The number of nitrogens with zero attached hydrogens (tertiary/aromatic N) is 2. The summed E-state index contributed by atoms with van der Waals surface area (Å²) in [4.78, 5) is 14.8. The van der Waals surface area contributed by atoms with Crippen LogP contribution in [-0.4, -0.2) is 61.9 Å². The molecular formula is C31H46BrN3O4S. The number of hydrogen-bond acceptors (Lipinski definition) is 5. The lowest BCUT2D eigenvalue weighted by Gasteiger charge is -2.45. The number of alkyl halides is 1. The van der Waals surface area contributed by atoms with Crippen molar-refractivity contribution < 1.29 is 18.3 Å². The SMILES string of the molecule is CCCCC1(CCCC)[C@H](O)[C@H](c2cccc(NC(=O)CCCCBr)c2)c2cc(N(C)C)ccc2S(=O)(=O)N1C. The first kappa shape index (κ1) is 32.6. The number of carbonyl (C=O) groups excluding carboxylic acids is 1. The summed E-state index contributed by atoms with van der Waals surface area (Å²) in [5.41, 5.74) is 1.90. The molecule has 0 unspecified atom stereocenters. The molecule has 0 radical (unpaired) electrons. The molecule has 0 bridgehead atoms. The zero-order valence-corrected chi connectivity index (χ0v) is 27.0. The van der Waals surface area contributed by atoms with Crippen molar-refractivity contribution in [1.29, 1.82) is 0 Å². The number of halogens is 1. The van der Waals surface area contributed by atoms with Crippen LogP contribution in [0.5, 0.6) is 0 Å². The molecule has 222 valence electrons. The highest BCUT2D eigenvalue weighted by Gasteiger charge is 2.53. The molecule has 40 heavy (non-hydrogen) atoms. The van der Waals surface area contributed by atoms with Gasteiger partial charge in [-0.3, -0.25) is 4.79 Å². The topological polar surface area (TPSA) is 90.0 Å². The molecule has 2 atom stereocenters. The van der Waals surface area contributed by atoms with Crippen LogP contribution < -0.4 is 10.2 Å². The third kappa shape index (κ3) is 6.92. The van der Waals surface area contributed by atoms with Gasteiger partial charge in [-0.2, -0.15) is 4.31 Å². The number of rotatable bonds is 13. The van der Waals surface area contributed by atoms with Gasteiger partial charge in [0.05, 0.1) is 16.5 Å². The molecular weight excluding hydrogens is 590 g/mol. The van der Waals surface area contributed by atoms with E-state index >= 15 is 0 Å². The Labute approximate surface area is 249 Å². The predicted molar refractivity (Wildman–Crippen MR) is 168 cm³/mol. The highest BCUT2D eigenvalue weighted by Crippen LogP contribution is 2.48. The van der Waals surface area contributed by atoms with Gasteiger partial charge in [0.1, 0.15) is 0 Å². The molecule has 2 aromatic rings. The van der Waals surface area contributed by atoms with Crippen molar-refractivity contribution in [2.75, 3.05) is 36.7 Å². The lowest BCUT2D eigenvalue weighted by atomic mass is 9.72. The molecule has 0 fully saturated rings. The Kier molecular flexibility index (Phi) is 11.6. The van der Waals surface area contributed by atoms with E-state index in [2.05, 4.69) is 35.1 Å². The summed E-state index contributed by atoms with van der Waals surface area (Å²) < 4.78 is 30.0. The van der Waals surface area contributed by atoms with Crippen LogP contribution in [0.25, 0.3) is 0 Å². The molecule has 0 spiro atoms. The average Bonchev–Trinajstić information content (AvgIpc) is 2.97. The largest absolute Gasteiger partial charge is 0.390 e. The van der Waals surface area contributed by atoms with Crippen molar-refractivity contribution in [2.24, 2.45) is 0 Å². The molecule has 1 amide bonds. The fourth-order valence-electron chi connectivity index (χ4n) is 5.82. The van der Waals surface area contributed by atoms with Gasteiger partial charge in [0.2, 0.25) is 15.9 Å². The zero-order chi connectivity index (χ0) is 29.5. The number of aliphatic hydroxyl groups excluding tert-OH is 1. The smallest absolute Gasteiger partial charge is 0.243 e. The molecule has 9 heteroatoms. The van der Waals surface area contributed by atoms with E-state index in [4.69, 9.17) is 0 Å². The van der Waals surface area contributed by atoms with Gasteiger partial charge in [-0.15, -0.1) is 0 Å². The zero-order valence-electron chi connectivity index (χ0n) is 24.6. The quantitative estimate of drug-likeness (QED) is 0.194. The first-order chi connectivity index (χ1) is 19.0. The van der Waals surface area contributed by atoms with Gasteiger partial charge in [0.15, 0.2) is 0 Å². The standard InChI is InChI=1S/C31H46BrN3O4S/c1-6-8-18-31(19-9-7-2)30(37)29(23-13-12-14-24(21-23)33-28(36)15-10-11-20-32)26-22-25(34(3)4)16-17-27(26)40(38,39)35(31)5/h12-14,16-17,21-22,29-30,37H,6-11,15,18-20H2,1-5H3,(H,33,36)/t29-,30-/m1/s1. The lowest BCUT2D eigenvalue weighted by molar-refractivity contribution is -0.116. The molecule has 1 aliphatic rings. The number of sulfonamides is 1. The van der Waals surface area contributed by atoms with Crippen molar-refractivity contribution in [3.05, 3.63) is 53.6 Å². The number of unbranched alkanes of at least 4 members (excludes halogenated alkanes) is 3. The monoisotopic (exact) mass is 635 g/mol. The van der Waals surface area contributed by atoms with Crippen LogP contribution in [0.2, 0.25) is 0 Å². The second kappa shape index (κ2) is 14.3. The Balaban J connectivity index is 2.23. The number of aliphatic hydroxyl groups is 1. The number of benzene rings is 2. The maximum Gasteiger partial charge on any atom is 0.243 e. The lowest BCUT2D eigenvalue weighted by Crippen LogP contribution is -2.57. The Morgan fingerprint density at radius 3 is 2.33 bits per heavy atom. The van der Waals surface area contributed by atoms with Gasteiger partial charge >= 0.3 is 0 Å². The number of hydrogen-bond donors (Lipinski definition) is 2. The molecule has 0 saturated carbocycles. The Bertz CT molecular complexity index is 1240. The van der Waals surface area contributed by atoms with E-state index in [1.807, 2.05) is 55.4 Å². The Morgan fingerprint density at radius 1 is 1.05 bits per heavy atom. The number of likely N-dealkylation sites (N-methyl/N-ethyl adjacent to an activating group) is 1. The third-order valence-corrected chi connectivity index (χ3v) is 10.8. The van der Waals surface area contributed by atoms with Crippen molar-refractivity contribution in [1.82, 2.24) is 4.31 Å². The van der Waals surface area contributed by atoms with Crippen LogP contribution in [0.15, 0.2) is 47.4 Å². The van der Waals surface area contributed by atoms with Crippen molar-refractivity contribution in [2.45, 2.75) is 94.1 Å². The molecule has 2 N–H and O–H groups in total. The fourth-order valence-corrected chi connectivity index (χ4v) is 8.01. The molecule has 0 saturated heterocycles. The number of fused-ring (bicyclic) bond motifs is 1. The highest BCUT2D eigenvalue weighted by molar-refractivity contribution is 9.09. The second-order valence-electron chi connectivity index (χ2n) is 11.1. The highest BCUT2D eigenvalue weighted by atomic mass is 79.9. The van der Waals surface area contributed by atoms with Crippen LogP contribution in [0.1, 0.15) is 88.7 Å². The molecule has 1 aliphatic heterocycles. The summed E-state index contributed by atoms with van der Waals surface area (Å²) in [7, 11) is 1.58. The number of anilines is 2. The minimum Gasteiger partial charge on any atom is -0.390 e. The van der Waals surface area contributed by atoms with Crippen LogP contribution in [0.4, 0.5) is 11.4 Å². The molecule has 0 aromatic heterocycles. The van der Waals surface area contributed by atoms with Crippen LogP contribution >= 0.6 is 15.9 Å². The molecule has 0 aliphatic carbocycles. The molecule has 3 rings (SSSR count). The minimum absolute atomic E-state index is 0.0580. The first-order valence-corrected chi connectivity index (χ1v) is 17.0. The van der Waals surface area contributed by atoms with E-state index in [1.165, 1.54) is 4.31 Å². The van der Waals surface area contributed by atoms with Crippen molar-refractivity contribution >= 4 is 43.2 Å². The van der Waals surface area contributed by atoms with E-state index in [0.29, 0.717) is 30.5 Å². The first-order valence-electron chi connectivity index (χ1n) is 14.5. The predicted octanol–water partition coefficient (Wildman–Crippen LogP) is 6.50. The number of nitrogens with one attached hydrogen (secondary N) is 1. The number of carbonyl (C=O) groups is 1. The maximum absolute atomic E-state index is 14.2. The summed E-state index contributed by atoms with van der Waals surface area (Å²) in [6, 6.07) is 12.9. The molecule has 7 nitrogen and oxygen atoms in total. The van der Waals surface area contributed by atoms with E-state index < -0.39 is 27.6 Å². The van der Waals surface area contributed by atoms with E-state index in [0.717, 1.165) is 55.1 Å². The van der Waals surface area contributed by atoms with Gasteiger partial charge in [0, 0.05) is 50.2 Å². The average molecular weight is 637 g/mol. The van der Waals surface area contributed by atoms with Gasteiger partial charge in [-0.1, -0.05) is 67.6 Å². The summed E-state index contributed by atoms with van der Waals surface area (Å²) in [5, 5.41) is 16.3. The second-order valence-corrected chi connectivity index (χ2v) is 13.9. The Morgan fingerprint density at radius 2 is 1.73 bits per heavy atom. The van der Waals surface area contributed by atoms with E-state index in [9.17, 15) is 18.3 Å². The van der Waals surface area contributed by atoms with Crippen LogP contribution in [0, 0.1) is 0 Å². The van der Waals surface area contributed by atoms with Crippen LogP contribution in [-0.2, 0) is 14.8 Å². The van der Waals surface area contributed by atoms with Gasteiger partial charge in [0.25, 0.3) is 0 Å². The minimum atomic E-state index is -3.90. The third-order valence-electron chi connectivity index (χ3n) is 8.22. The summed E-state index contributed by atoms with van der Waals surface area (Å²) >= 11 is 3.41. The van der Waals surface area contributed by atoms with E-state index in [-0.39, 0.29) is 10.8 Å². The van der Waals surface area contributed by atoms with Crippen LogP contribution in [0.3, 0.4) is 0 Å². The van der Waals surface area contributed by atoms with Gasteiger partial charge in [-0.25, -0.2) is 8.42 Å². The van der Waals surface area contributed by atoms with Gasteiger partial charge in [-0.05, 0) is 67.1 Å². The fraction of sp³-hybridized carbons (Fsp3) is 0.581. The van der Waals surface area contributed by atoms with Gasteiger partial charge < -0.3 is 15.3 Å². The normalized spacial score (nSPS) is 20.0. The summed E-state index contributed by atoms with van der Waals surface area (Å²) in [6.07, 6.45) is 5.68. The molecule has 1 heterocycles. The Hall–Kier alpha value is -1.94. The van der Waals surface area contributed by atoms with Crippen molar-refractivity contribution in [3.8, 4) is 0 Å². The maximum atomic E-state index is 14.2. The number of amides is 1. The van der Waals surface area contributed by atoms with Crippen molar-refractivity contribution in [3.63, 3.8) is 0 Å². The van der Waals surface area contributed by atoms with E-state index in [1.54, 1.807) is 13.1 Å². The summed E-state index contributed by atoms with van der Waals surface area (Å²) in [5.74, 6) is -0.661.